The maximum atomic E-state index is 12.5. The number of benzene rings is 1. The summed E-state index contributed by atoms with van der Waals surface area (Å²) in [6.45, 7) is 5.17. The molecule has 0 saturated carbocycles. The van der Waals surface area contributed by atoms with E-state index in [9.17, 15) is 14.7 Å². The number of amides is 1. The number of methoxy groups -OCH3 is 1. The Morgan fingerprint density at radius 1 is 1.32 bits per heavy atom. The zero-order valence-electron chi connectivity index (χ0n) is 15.2. The van der Waals surface area contributed by atoms with E-state index < -0.39 is 11.4 Å². The number of carbonyl (C=O) groups excluding carboxylic acids is 1. The Kier molecular flexibility index (Phi) is 6.42. The molecule has 25 heavy (non-hydrogen) atoms. The van der Waals surface area contributed by atoms with Crippen molar-refractivity contribution in [2.45, 2.75) is 33.1 Å². The SMILES string of the molecule is COCC1(C(=O)O)CCCN(C(=O)CCOc2ccc(C)cc2C)C1. The molecule has 1 atom stereocenters. The van der Waals surface area contributed by atoms with Crippen LogP contribution in [0.4, 0.5) is 0 Å². The van der Waals surface area contributed by atoms with Crippen molar-refractivity contribution in [3.8, 4) is 5.75 Å². The van der Waals surface area contributed by atoms with Crippen LogP contribution in [0.3, 0.4) is 0 Å². The van der Waals surface area contributed by atoms with Crippen molar-refractivity contribution in [3.05, 3.63) is 29.3 Å². The van der Waals surface area contributed by atoms with Crippen molar-refractivity contribution >= 4 is 11.9 Å². The fourth-order valence-electron chi connectivity index (χ4n) is 3.34. The van der Waals surface area contributed by atoms with Crippen LogP contribution in [0.25, 0.3) is 0 Å². The lowest BCUT2D eigenvalue weighted by molar-refractivity contribution is -0.159. The number of likely N-dealkylation sites (tertiary alicyclic amines) is 1. The van der Waals surface area contributed by atoms with Crippen molar-refractivity contribution in [2.75, 3.05) is 33.4 Å². The third-order valence-corrected chi connectivity index (χ3v) is 4.71. The molecule has 0 radical (unpaired) electrons. The first-order chi connectivity index (χ1) is 11.9. The molecular weight excluding hydrogens is 322 g/mol. The molecule has 0 aromatic heterocycles. The van der Waals surface area contributed by atoms with Gasteiger partial charge in [0.05, 0.1) is 19.6 Å². The lowest BCUT2D eigenvalue weighted by atomic mass is 9.80. The van der Waals surface area contributed by atoms with Crippen LogP contribution in [0, 0.1) is 19.3 Å². The molecule has 1 aromatic rings. The van der Waals surface area contributed by atoms with Gasteiger partial charge < -0.3 is 19.5 Å². The number of carboxylic acid groups (broad SMARTS) is 1. The standard InChI is InChI=1S/C19H27NO5/c1-14-5-6-16(15(2)11-14)25-10-7-17(21)20-9-4-8-19(12-20,13-24-3)18(22)23/h5-6,11H,4,7-10,12-13H2,1-3H3,(H,22,23). The van der Waals surface area contributed by atoms with Gasteiger partial charge in [0.2, 0.25) is 5.91 Å². The zero-order chi connectivity index (χ0) is 18.4. The molecule has 1 heterocycles. The summed E-state index contributed by atoms with van der Waals surface area (Å²) in [5.41, 5.74) is 1.20. The Balaban J connectivity index is 1.90. The summed E-state index contributed by atoms with van der Waals surface area (Å²) < 4.78 is 10.8. The number of rotatable bonds is 7. The summed E-state index contributed by atoms with van der Waals surface area (Å²) in [5.74, 6) is -0.208. The van der Waals surface area contributed by atoms with E-state index in [2.05, 4.69) is 0 Å². The molecule has 6 heteroatoms. The zero-order valence-corrected chi connectivity index (χ0v) is 15.2. The van der Waals surface area contributed by atoms with Gasteiger partial charge in [-0.1, -0.05) is 17.7 Å². The van der Waals surface area contributed by atoms with Gasteiger partial charge in [0, 0.05) is 20.2 Å². The molecule has 1 N–H and O–H groups in total. The molecule has 138 valence electrons. The second kappa shape index (κ2) is 8.34. The van der Waals surface area contributed by atoms with Gasteiger partial charge >= 0.3 is 5.97 Å². The van der Waals surface area contributed by atoms with E-state index in [1.54, 1.807) is 4.90 Å². The number of carboxylic acids is 1. The molecule has 1 aliphatic rings. The number of hydrogen-bond acceptors (Lipinski definition) is 4. The highest BCUT2D eigenvalue weighted by molar-refractivity contribution is 5.80. The van der Waals surface area contributed by atoms with E-state index >= 15 is 0 Å². The fourth-order valence-corrected chi connectivity index (χ4v) is 3.34. The molecule has 6 nitrogen and oxygen atoms in total. The molecule has 2 rings (SSSR count). The molecule has 1 saturated heterocycles. The maximum Gasteiger partial charge on any atom is 0.313 e. The Hall–Kier alpha value is -2.08. The van der Waals surface area contributed by atoms with Crippen LogP contribution in [0.5, 0.6) is 5.75 Å². The van der Waals surface area contributed by atoms with Gasteiger partial charge in [-0.05, 0) is 38.3 Å². The van der Waals surface area contributed by atoms with Crippen molar-refractivity contribution in [1.29, 1.82) is 0 Å². The Morgan fingerprint density at radius 3 is 2.72 bits per heavy atom. The number of piperidine rings is 1. The first kappa shape index (κ1) is 19.2. The van der Waals surface area contributed by atoms with Crippen molar-refractivity contribution in [1.82, 2.24) is 4.90 Å². The minimum Gasteiger partial charge on any atom is -0.493 e. The number of ether oxygens (including phenoxy) is 2. The van der Waals surface area contributed by atoms with Gasteiger partial charge in [-0.3, -0.25) is 9.59 Å². The van der Waals surface area contributed by atoms with Gasteiger partial charge in [-0.15, -0.1) is 0 Å². The predicted octanol–water partition coefficient (Wildman–Crippen LogP) is 2.41. The van der Waals surface area contributed by atoms with Crippen LogP contribution in [0.1, 0.15) is 30.4 Å². The monoisotopic (exact) mass is 349 g/mol. The largest absolute Gasteiger partial charge is 0.493 e. The van der Waals surface area contributed by atoms with Crippen molar-refractivity contribution < 1.29 is 24.2 Å². The normalized spacial score (nSPS) is 20.4. The van der Waals surface area contributed by atoms with E-state index in [0.29, 0.717) is 19.4 Å². The molecule has 0 aliphatic carbocycles. The van der Waals surface area contributed by atoms with Crippen LogP contribution in [-0.4, -0.2) is 55.3 Å². The number of aryl methyl sites for hydroxylation is 2. The van der Waals surface area contributed by atoms with E-state index in [-0.39, 0.29) is 32.1 Å². The second-order valence-corrected chi connectivity index (χ2v) is 6.80. The number of aliphatic carboxylic acids is 1. The average molecular weight is 349 g/mol. The second-order valence-electron chi connectivity index (χ2n) is 6.80. The van der Waals surface area contributed by atoms with E-state index in [0.717, 1.165) is 16.9 Å². The van der Waals surface area contributed by atoms with Crippen LogP contribution >= 0.6 is 0 Å². The molecule has 1 unspecified atom stereocenters. The van der Waals surface area contributed by atoms with Gasteiger partial charge in [-0.2, -0.15) is 0 Å². The van der Waals surface area contributed by atoms with Crippen LogP contribution < -0.4 is 4.74 Å². The smallest absolute Gasteiger partial charge is 0.313 e. The Labute approximate surface area is 148 Å². The minimum absolute atomic E-state index is 0.0776. The third kappa shape index (κ3) is 4.72. The highest BCUT2D eigenvalue weighted by Crippen LogP contribution is 2.31. The molecular formula is C19H27NO5. The third-order valence-electron chi connectivity index (χ3n) is 4.71. The topological polar surface area (TPSA) is 76.1 Å². The fraction of sp³-hybridized carbons (Fsp3) is 0.579. The summed E-state index contributed by atoms with van der Waals surface area (Å²) in [5, 5.41) is 9.55. The lowest BCUT2D eigenvalue weighted by Gasteiger charge is -2.39. The van der Waals surface area contributed by atoms with Crippen molar-refractivity contribution in [2.24, 2.45) is 5.41 Å². The van der Waals surface area contributed by atoms with Gasteiger partial charge in [0.25, 0.3) is 0 Å². The summed E-state index contributed by atoms with van der Waals surface area (Å²) in [4.78, 5) is 25.7. The molecule has 1 fully saturated rings. The molecule has 0 spiro atoms. The average Bonchev–Trinajstić information content (AvgIpc) is 2.57. The Morgan fingerprint density at radius 2 is 2.08 bits per heavy atom. The molecule has 1 amide bonds. The van der Waals surface area contributed by atoms with Crippen molar-refractivity contribution in [3.63, 3.8) is 0 Å². The first-order valence-corrected chi connectivity index (χ1v) is 8.58. The molecule has 0 bridgehead atoms. The number of nitrogens with zero attached hydrogens (tertiary/aromatic N) is 1. The predicted molar refractivity (Wildman–Crippen MR) is 93.8 cm³/mol. The van der Waals surface area contributed by atoms with E-state index in [4.69, 9.17) is 9.47 Å². The highest BCUT2D eigenvalue weighted by Gasteiger charge is 2.43. The summed E-state index contributed by atoms with van der Waals surface area (Å²) in [6, 6.07) is 5.92. The van der Waals surface area contributed by atoms with Gasteiger partial charge in [-0.25, -0.2) is 0 Å². The molecule has 1 aromatic carbocycles. The number of hydrogen-bond donors (Lipinski definition) is 1. The van der Waals surface area contributed by atoms with Gasteiger partial charge in [0.1, 0.15) is 11.2 Å². The molecule has 1 aliphatic heterocycles. The lowest BCUT2D eigenvalue weighted by Crippen LogP contribution is -2.52. The first-order valence-electron chi connectivity index (χ1n) is 8.58. The van der Waals surface area contributed by atoms with Crippen LogP contribution in [0.15, 0.2) is 18.2 Å². The van der Waals surface area contributed by atoms with Gasteiger partial charge in [0.15, 0.2) is 0 Å². The number of carbonyl (C=O) groups is 2. The van der Waals surface area contributed by atoms with E-state index in [1.807, 2.05) is 32.0 Å². The summed E-state index contributed by atoms with van der Waals surface area (Å²) >= 11 is 0. The Bertz CT molecular complexity index is 626. The summed E-state index contributed by atoms with van der Waals surface area (Å²) in [7, 11) is 1.49. The maximum absolute atomic E-state index is 12.5. The van der Waals surface area contributed by atoms with Crippen LogP contribution in [-0.2, 0) is 14.3 Å². The quantitative estimate of drug-likeness (QED) is 0.818. The van der Waals surface area contributed by atoms with Crippen LogP contribution in [0.2, 0.25) is 0 Å². The highest BCUT2D eigenvalue weighted by atomic mass is 16.5. The minimum atomic E-state index is -1.00. The van der Waals surface area contributed by atoms with E-state index in [1.165, 1.54) is 7.11 Å². The summed E-state index contributed by atoms with van der Waals surface area (Å²) in [6.07, 6.45) is 1.42.